The maximum atomic E-state index is 14.3. The minimum Gasteiger partial charge on any atom is -0.480 e. The zero-order valence-corrected chi connectivity index (χ0v) is 17.0. The molecule has 0 saturated carbocycles. The van der Waals surface area contributed by atoms with E-state index in [1.165, 1.54) is 4.90 Å². The lowest BCUT2D eigenvalue weighted by Gasteiger charge is -2.49. The lowest BCUT2D eigenvalue weighted by Crippen LogP contribution is -2.60. The number of aryl methyl sites for hydroxylation is 1. The van der Waals surface area contributed by atoms with Crippen LogP contribution in [0.25, 0.3) is 0 Å². The Kier molecular flexibility index (Phi) is 6.05. The molecule has 2 aliphatic rings. The lowest BCUT2D eigenvalue weighted by atomic mass is 9.86. The van der Waals surface area contributed by atoms with Gasteiger partial charge in [-0.1, -0.05) is 12.1 Å². The van der Waals surface area contributed by atoms with Crippen LogP contribution < -0.4 is 0 Å². The van der Waals surface area contributed by atoms with Crippen LogP contribution in [0.5, 0.6) is 0 Å². The summed E-state index contributed by atoms with van der Waals surface area (Å²) in [5.41, 5.74) is 2.21. The smallest absolute Gasteiger partial charge is 0.323 e. The SMILES string of the molecule is Cc1ccc(CN2CCN(C)C3(CCC(=O)N(CC(=O)O)CC3)C2)c(C)c1F. The third-order valence-electron chi connectivity index (χ3n) is 6.50. The fraction of sp³-hybridized carbons (Fsp3) is 0.619. The molecule has 1 aromatic carbocycles. The Morgan fingerprint density at radius 3 is 2.68 bits per heavy atom. The van der Waals surface area contributed by atoms with Gasteiger partial charge >= 0.3 is 5.97 Å². The van der Waals surface area contributed by atoms with E-state index in [-0.39, 0.29) is 23.8 Å². The molecule has 2 aliphatic heterocycles. The predicted molar refractivity (Wildman–Crippen MR) is 105 cm³/mol. The highest BCUT2D eigenvalue weighted by Gasteiger charge is 2.42. The summed E-state index contributed by atoms with van der Waals surface area (Å²) in [7, 11) is 2.09. The van der Waals surface area contributed by atoms with Crippen LogP contribution in [-0.4, -0.2) is 77.0 Å². The Labute approximate surface area is 165 Å². The van der Waals surface area contributed by atoms with E-state index >= 15 is 0 Å². The first-order chi connectivity index (χ1) is 13.2. The van der Waals surface area contributed by atoms with E-state index in [0.29, 0.717) is 30.6 Å². The zero-order valence-electron chi connectivity index (χ0n) is 17.0. The number of carboxylic acid groups (broad SMARTS) is 1. The number of piperazine rings is 1. The highest BCUT2D eigenvalue weighted by Crippen LogP contribution is 2.33. The normalized spacial score (nSPS) is 24.6. The highest BCUT2D eigenvalue weighted by atomic mass is 19.1. The van der Waals surface area contributed by atoms with Gasteiger partial charge in [-0.2, -0.15) is 0 Å². The molecule has 0 aliphatic carbocycles. The van der Waals surface area contributed by atoms with Gasteiger partial charge in [0.15, 0.2) is 0 Å². The van der Waals surface area contributed by atoms with Gasteiger partial charge in [-0.15, -0.1) is 0 Å². The second-order valence-corrected chi connectivity index (χ2v) is 8.30. The van der Waals surface area contributed by atoms with Crippen LogP contribution in [0.15, 0.2) is 12.1 Å². The van der Waals surface area contributed by atoms with Gasteiger partial charge in [0.25, 0.3) is 0 Å². The number of benzene rings is 1. The summed E-state index contributed by atoms with van der Waals surface area (Å²) in [5, 5.41) is 9.06. The molecule has 6 nitrogen and oxygen atoms in total. The molecule has 1 aromatic rings. The molecule has 7 heteroatoms. The fourth-order valence-electron chi connectivity index (χ4n) is 4.51. The topological polar surface area (TPSA) is 64.1 Å². The van der Waals surface area contributed by atoms with Gasteiger partial charge in [-0.3, -0.25) is 19.4 Å². The number of amides is 1. The minimum absolute atomic E-state index is 0.0822. The summed E-state index contributed by atoms with van der Waals surface area (Å²) in [6.45, 7) is 7.09. The van der Waals surface area contributed by atoms with E-state index in [1.807, 2.05) is 19.1 Å². The van der Waals surface area contributed by atoms with Crippen LogP contribution >= 0.6 is 0 Å². The predicted octanol–water partition coefficient (Wildman–Crippen LogP) is 2.03. The number of hydrogen-bond donors (Lipinski definition) is 1. The maximum Gasteiger partial charge on any atom is 0.323 e. The van der Waals surface area contributed by atoms with E-state index in [0.717, 1.165) is 38.0 Å². The highest BCUT2D eigenvalue weighted by molar-refractivity contribution is 5.81. The molecule has 1 N–H and O–H groups in total. The van der Waals surface area contributed by atoms with Gasteiger partial charge < -0.3 is 10.0 Å². The molecule has 1 atom stereocenters. The molecule has 0 radical (unpaired) electrons. The molecule has 2 fully saturated rings. The van der Waals surface area contributed by atoms with Gasteiger partial charge in [0.2, 0.25) is 5.91 Å². The molecule has 1 unspecified atom stereocenters. The molecular weight excluding hydrogens is 361 g/mol. The number of halogens is 1. The van der Waals surface area contributed by atoms with E-state index in [1.54, 1.807) is 6.92 Å². The largest absolute Gasteiger partial charge is 0.480 e. The molecule has 3 rings (SSSR count). The van der Waals surface area contributed by atoms with E-state index in [2.05, 4.69) is 16.8 Å². The van der Waals surface area contributed by atoms with Crippen molar-refractivity contribution in [3.8, 4) is 0 Å². The average Bonchev–Trinajstić information content (AvgIpc) is 2.80. The molecule has 0 bridgehead atoms. The fourth-order valence-corrected chi connectivity index (χ4v) is 4.51. The van der Waals surface area contributed by atoms with Crippen molar-refractivity contribution in [3.05, 3.63) is 34.6 Å². The summed E-state index contributed by atoms with van der Waals surface area (Å²) in [6.07, 6.45) is 1.83. The lowest BCUT2D eigenvalue weighted by molar-refractivity contribution is -0.144. The number of aliphatic carboxylic acids is 1. The number of carbonyl (C=O) groups is 2. The van der Waals surface area contributed by atoms with E-state index in [4.69, 9.17) is 5.11 Å². The number of hydrogen-bond acceptors (Lipinski definition) is 4. The molecule has 28 heavy (non-hydrogen) atoms. The van der Waals surface area contributed by atoms with Crippen molar-refractivity contribution in [1.29, 1.82) is 0 Å². The molecule has 154 valence electrons. The Hall–Kier alpha value is -1.99. The number of carbonyl (C=O) groups excluding carboxylic acids is 1. The second kappa shape index (κ2) is 8.17. The number of nitrogens with zero attached hydrogens (tertiary/aromatic N) is 3. The van der Waals surface area contributed by atoms with Crippen LogP contribution in [0.4, 0.5) is 4.39 Å². The molecular formula is C21H30FN3O3. The number of likely N-dealkylation sites (N-methyl/N-ethyl adjacent to an activating group) is 1. The number of likely N-dealkylation sites (tertiary alicyclic amines) is 1. The van der Waals surface area contributed by atoms with Crippen molar-refractivity contribution in [1.82, 2.24) is 14.7 Å². The van der Waals surface area contributed by atoms with Crippen molar-refractivity contribution < 1.29 is 19.1 Å². The Morgan fingerprint density at radius 2 is 1.96 bits per heavy atom. The standard InChI is InChI=1S/C21H30FN3O3/c1-15-4-5-17(16(2)20(15)22)12-24-11-10-23(3)21(14-24)7-6-18(26)25(9-8-21)13-19(27)28/h4-5H,6-14H2,1-3H3,(H,27,28). The third-order valence-corrected chi connectivity index (χ3v) is 6.50. The van der Waals surface area contributed by atoms with Gasteiger partial charge in [0.1, 0.15) is 12.4 Å². The minimum atomic E-state index is -0.972. The molecule has 0 aromatic heterocycles. The Bertz CT molecular complexity index is 770. The summed E-state index contributed by atoms with van der Waals surface area (Å²) < 4.78 is 14.3. The zero-order chi connectivity index (χ0) is 20.5. The molecule has 2 heterocycles. The summed E-state index contributed by atoms with van der Waals surface area (Å²) in [6, 6.07) is 3.83. The average molecular weight is 391 g/mol. The van der Waals surface area contributed by atoms with E-state index in [9.17, 15) is 14.0 Å². The first kappa shape index (κ1) is 20.7. The molecule has 1 amide bonds. The van der Waals surface area contributed by atoms with E-state index < -0.39 is 5.97 Å². The van der Waals surface area contributed by atoms with Gasteiger partial charge in [0.05, 0.1) is 0 Å². The van der Waals surface area contributed by atoms with Gasteiger partial charge in [0, 0.05) is 44.7 Å². The van der Waals surface area contributed by atoms with Crippen molar-refractivity contribution in [2.45, 2.75) is 45.2 Å². The van der Waals surface area contributed by atoms with Crippen LogP contribution in [0.1, 0.15) is 36.0 Å². The second-order valence-electron chi connectivity index (χ2n) is 8.30. The first-order valence-corrected chi connectivity index (χ1v) is 9.89. The van der Waals surface area contributed by atoms with Crippen LogP contribution in [0.3, 0.4) is 0 Å². The van der Waals surface area contributed by atoms with Crippen LogP contribution in [0.2, 0.25) is 0 Å². The van der Waals surface area contributed by atoms with Crippen molar-refractivity contribution >= 4 is 11.9 Å². The monoisotopic (exact) mass is 391 g/mol. The Balaban J connectivity index is 1.74. The quantitative estimate of drug-likeness (QED) is 0.851. The molecule has 2 saturated heterocycles. The van der Waals surface area contributed by atoms with Gasteiger partial charge in [-0.25, -0.2) is 4.39 Å². The van der Waals surface area contributed by atoms with Crippen molar-refractivity contribution in [3.63, 3.8) is 0 Å². The molecule has 1 spiro atoms. The summed E-state index contributed by atoms with van der Waals surface area (Å²) in [4.78, 5) is 29.5. The summed E-state index contributed by atoms with van der Waals surface area (Å²) in [5.74, 6) is -1.19. The van der Waals surface area contributed by atoms with Crippen LogP contribution in [-0.2, 0) is 16.1 Å². The number of carboxylic acids is 1. The Morgan fingerprint density at radius 1 is 1.21 bits per heavy atom. The van der Waals surface area contributed by atoms with Crippen molar-refractivity contribution in [2.24, 2.45) is 0 Å². The first-order valence-electron chi connectivity index (χ1n) is 9.89. The summed E-state index contributed by atoms with van der Waals surface area (Å²) >= 11 is 0. The van der Waals surface area contributed by atoms with Crippen LogP contribution in [0, 0.1) is 19.7 Å². The maximum absolute atomic E-state index is 14.3. The van der Waals surface area contributed by atoms with Gasteiger partial charge in [-0.05, 0) is 50.4 Å². The third kappa shape index (κ3) is 4.20. The number of rotatable bonds is 4. The van der Waals surface area contributed by atoms with Crippen molar-refractivity contribution in [2.75, 3.05) is 39.8 Å².